The summed E-state index contributed by atoms with van der Waals surface area (Å²) in [5.74, 6) is -0.513. The minimum Gasteiger partial charge on any atom is -0.434 e. The second kappa shape index (κ2) is 9.24. The number of nitrogens with zero attached hydrogens (tertiary/aromatic N) is 3. The number of carbonyl (C=O) groups is 1. The number of carbonyl (C=O) groups excluding carboxylic acids is 1. The van der Waals surface area contributed by atoms with Gasteiger partial charge in [-0.25, -0.2) is 18.4 Å². The standard InChI is InChI=1S/C21H18F2N4O4S2/c1-33(29,30)12-18-24-14-7-3-4-8-16(14)27(18)10-19(28)26-21-25-15(11-32-21)13-6-2-5-9-17(13)31-20(22)23/h2-9,11,20H,10,12H2,1H3,(H,25,26,28). The van der Waals surface area contributed by atoms with Gasteiger partial charge in [0.2, 0.25) is 5.91 Å². The number of benzene rings is 2. The maximum absolute atomic E-state index is 12.7. The lowest BCUT2D eigenvalue weighted by atomic mass is 10.1. The molecule has 0 aliphatic heterocycles. The molecule has 2 aromatic heterocycles. The molecule has 0 saturated carbocycles. The summed E-state index contributed by atoms with van der Waals surface area (Å²) in [6.07, 6.45) is 1.10. The summed E-state index contributed by atoms with van der Waals surface area (Å²) < 4.78 is 55.1. The molecule has 1 amide bonds. The second-order valence-electron chi connectivity index (χ2n) is 7.13. The highest BCUT2D eigenvalue weighted by Crippen LogP contribution is 2.33. The summed E-state index contributed by atoms with van der Waals surface area (Å²) in [5, 5.41) is 4.54. The van der Waals surface area contributed by atoms with Gasteiger partial charge < -0.3 is 14.6 Å². The number of para-hydroxylation sites is 3. The predicted octanol–water partition coefficient (Wildman–Crippen LogP) is 3.94. The third kappa shape index (κ3) is 5.52. The number of alkyl halides is 2. The Labute approximate surface area is 191 Å². The number of hydrogen-bond donors (Lipinski definition) is 1. The maximum Gasteiger partial charge on any atom is 0.387 e. The van der Waals surface area contributed by atoms with E-state index in [2.05, 4.69) is 20.0 Å². The van der Waals surface area contributed by atoms with Crippen LogP contribution in [0.5, 0.6) is 5.75 Å². The van der Waals surface area contributed by atoms with Gasteiger partial charge in [0, 0.05) is 17.2 Å². The molecule has 0 aliphatic rings. The quantitative estimate of drug-likeness (QED) is 0.400. The molecule has 0 saturated heterocycles. The second-order valence-corrected chi connectivity index (χ2v) is 10.1. The summed E-state index contributed by atoms with van der Waals surface area (Å²) in [7, 11) is -3.37. The lowest BCUT2D eigenvalue weighted by molar-refractivity contribution is -0.116. The van der Waals surface area contributed by atoms with Crippen molar-refractivity contribution in [1.82, 2.24) is 14.5 Å². The lowest BCUT2D eigenvalue weighted by Gasteiger charge is -2.09. The van der Waals surface area contributed by atoms with Crippen LogP contribution in [-0.2, 0) is 26.9 Å². The average molecular weight is 493 g/mol. The maximum atomic E-state index is 12.7. The number of sulfone groups is 1. The van der Waals surface area contributed by atoms with Crippen LogP contribution in [-0.4, -0.2) is 41.7 Å². The van der Waals surface area contributed by atoms with Gasteiger partial charge in [-0.2, -0.15) is 8.78 Å². The molecule has 4 rings (SSSR count). The molecular formula is C21H18F2N4O4S2. The Balaban J connectivity index is 1.55. The van der Waals surface area contributed by atoms with E-state index in [1.165, 1.54) is 6.07 Å². The van der Waals surface area contributed by atoms with Gasteiger partial charge in [-0.05, 0) is 24.3 Å². The molecule has 0 spiro atoms. The Morgan fingerprint density at radius 3 is 2.64 bits per heavy atom. The fourth-order valence-electron chi connectivity index (χ4n) is 3.28. The van der Waals surface area contributed by atoms with Crippen molar-refractivity contribution < 1.29 is 26.7 Å². The molecule has 0 fully saturated rings. The fourth-order valence-corrected chi connectivity index (χ4v) is 4.70. The van der Waals surface area contributed by atoms with Crippen molar-refractivity contribution in [3.05, 3.63) is 59.7 Å². The van der Waals surface area contributed by atoms with E-state index in [-0.39, 0.29) is 29.0 Å². The van der Waals surface area contributed by atoms with Gasteiger partial charge in [-0.1, -0.05) is 24.3 Å². The number of aromatic nitrogens is 3. The highest BCUT2D eigenvalue weighted by molar-refractivity contribution is 7.89. The third-order valence-corrected chi connectivity index (χ3v) is 6.10. The van der Waals surface area contributed by atoms with E-state index in [1.54, 1.807) is 52.4 Å². The van der Waals surface area contributed by atoms with E-state index in [4.69, 9.17) is 0 Å². The number of thiazole rings is 1. The zero-order valence-electron chi connectivity index (χ0n) is 17.2. The van der Waals surface area contributed by atoms with Crippen LogP contribution in [0.2, 0.25) is 0 Å². The molecule has 12 heteroatoms. The zero-order valence-corrected chi connectivity index (χ0v) is 18.9. The van der Waals surface area contributed by atoms with Crippen LogP contribution in [0.4, 0.5) is 13.9 Å². The summed E-state index contributed by atoms with van der Waals surface area (Å²) >= 11 is 1.12. The van der Waals surface area contributed by atoms with E-state index in [1.807, 2.05) is 0 Å². The molecule has 1 N–H and O–H groups in total. The molecule has 8 nitrogen and oxygen atoms in total. The van der Waals surface area contributed by atoms with Crippen molar-refractivity contribution in [3.63, 3.8) is 0 Å². The van der Waals surface area contributed by atoms with Crippen LogP contribution in [0.15, 0.2) is 53.9 Å². The molecule has 2 aromatic carbocycles. The molecule has 0 atom stereocenters. The van der Waals surface area contributed by atoms with Crippen LogP contribution in [0, 0.1) is 0 Å². The first-order valence-corrected chi connectivity index (χ1v) is 12.5. The van der Waals surface area contributed by atoms with Gasteiger partial charge in [-0.3, -0.25) is 4.79 Å². The number of fused-ring (bicyclic) bond motifs is 1. The van der Waals surface area contributed by atoms with Crippen molar-refractivity contribution in [3.8, 4) is 17.0 Å². The van der Waals surface area contributed by atoms with Gasteiger partial charge in [0.25, 0.3) is 0 Å². The van der Waals surface area contributed by atoms with E-state index in [0.717, 1.165) is 17.6 Å². The van der Waals surface area contributed by atoms with Crippen molar-refractivity contribution in [2.24, 2.45) is 0 Å². The number of rotatable bonds is 8. The van der Waals surface area contributed by atoms with Crippen LogP contribution >= 0.6 is 11.3 Å². The van der Waals surface area contributed by atoms with Gasteiger partial charge in [0.1, 0.15) is 23.9 Å². The first-order valence-electron chi connectivity index (χ1n) is 9.61. The zero-order chi connectivity index (χ0) is 23.6. The van der Waals surface area contributed by atoms with Gasteiger partial charge in [-0.15, -0.1) is 11.3 Å². The SMILES string of the molecule is CS(=O)(=O)Cc1nc2ccccc2n1CC(=O)Nc1nc(-c2ccccc2OC(F)F)cs1. The lowest BCUT2D eigenvalue weighted by Crippen LogP contribution is -2.21. The number of imidazole rings is 1. The van der Waals surface area contributed by atoms with Crippen LogP contribution in [0.3, 0.4) is 0 Å². The Morgan fingerprint density at radius 1 is 1.15 bits per heavy atom. The van der Waals surface area contributed by atoms with Crippen LogP contribution < -0.4 is 10.1 Å². The minimum atomic E-state index is -3.37. The Morgan fingerprint density at radius 2 is 1.88 bits per heavy atom. The number of amides is 1. The normalized spacial score (nSPS) is 11.8. The van der Waals surface area contributed by atoms with Crippen molar-refractivity contribution in [2.45, 2.75) is 18.9 Å². The highest BCUT2D eigenvalue weighted by Gasteiger charge is 2.19. The number of hydrogen-bond acceptors (Lipinski definition) is 7. The first-order chi connectivity index (χ1) is 15.7. The molecule has 172 valence electrons. The van der Waals surface area contributed by atoms with E-state index < -0.39 is 22.4 Å². The van der Waals surface area contributed by atoms with Crippen molar-refractivity contribution in [2.75, 3.05) is 11.6 Å². The molecule has 0 aliphatic carbocycles. The Kier molecular flexibility index (Phi) is 6.38. The molecule has 0 bridgehead atoms. The number of ether oxygens (including phenoxy) is 1. The largest absolute Gasteiger partial charge is 0.434 e. The summed E-state index contributed by atoms with van der Waals surface area (Å²) in [5.41, 5.74) is 1.95. The Hall–Kier alpha value is -3.38. The third-order valence-electron chi connectivity index (χ3n) is 4.56. The summed E-state index contributed by atoms with van der Waals surface area (Å²) in [6, 6.07) is 13.3. The Bertz CT molecular complexity index is 1420. The first kappa shape index (κ1) is 22.8. The van der Waals surface area contributed by atoms with Gasteiger partial charge in [0.15, 0.2) is 15.0 Å². The molecule has 0 radical (unpaired) electrons. The minimum absolute atomic E-state index is 0.0222. The van der Waals surface area contributed by atoms with E-state index in [0.29, 0.717) is 22.3 Å². The smallest absolute Gasteiger partial charge is 0.387 e. The topological polar surface area (TPSA) is 103 Å². The fraction of sp³-hybridized carbons (Fsp3) is 0.190. The van der Waals surface area contributed by atoms with Crippen molar-refractivity contribution >= 4 is 43.2 Å². The number of anilines is 1. The number of halogens is 2. The number of nitrogens with one attached hydrogen (secondary N) is 1. The van der Waals surface area contributed by atoms with Crippen LogP contribution in [0.1, 0.15) is 5.82 Å². The summed E-state index contributed by atoms with van der Waals surface area (Å²) in [6.45, 7) is -3.15. The molecule has 2 heterocycles. The monoisotopic (exact) mass is 492 g/mol. The van der Waals surface area contributed by atoms with Crippen molar-refractivity contribution in [1.29, 1.82) is 0 Å². The molecule has 33 heavy (non-hydrogen) atoms. The molecule has 0 unspecified atom stereocenters. The van der Waals surface area contributed by atoms with E-state index >= 15 is 0 Å². The molecule has 4 aromatic rings. The summed E-state index contributed by atoms with van der Waals surface area (Å²) in [4.78, 5) is 21.4. The molecular weight excluding hydrogens is 474 g/mol. The van der Waals surface area contributed by atoms with Crippen LogP contribution in [0.25, 0.3) is 22.3 Å². The van der Waals surface area contributed by atoms with Gasteiger partial charge in [0.05, 0.1) is 16.7 Å². The van der Waals surface area contributed by atoms with E-state index in [9.17, 15) is 22.0 Å². The highest BCUT2D eigenvalue weighted by atomic mass is 32.2. The average Bonchev–Trinajstić information content (AvgIpc) is 3.32. The van der Waals surface area contributed by atoms with Gasteiger partial charge >= 0.3 is 6.61 Å². The predicted molar refractivity (Wildman–Crippen MR) is 121 cm³/mol.